The first-order valence-corrected chi connectivity index (χ1v) is 9.53. The average molecular weight is 337 g/mol. The van der Waals surface area contributed by atoms with Gasteiger partial charge >= 0.3 is 0 Å². The minimum Gasteiger partial charge on any atom is -0.333 e. The first kappa shape index (κ1) is 16.4. The minimum atomic E-state index is -3.54. The maximum atomic E-state index is 12.8. The van der Waals surface area contributed by atoms with Gasteiger partial charge in [-0.3, -0.25) is 4.79 Å². The summed E-state index contributed by atoms with van der Waals surface area (Å²) in [6, 6.07) is 6.66. The Morgan fingerprint density at radius 3 is 2.74 bits per heavy atom. The SMILES string of the molecule is CC1NCCN(C(=O)c2cccc(S(=O)(=O)NC3CC3)c2)C1C. The van der Waals surface area contributed by atoms with Crippen molar-refractivity contribution in [2.24, 2.45) is 0 Å². The van der Waals surface area contributed by atoms with E-state index in [-0.39, 0.29) is 28.9 Å². The van der Waals surface area contributed by atoms with Crippen LogP contribution in [-0.2, 0) is 10.0 Å². The molecule has 1 aromatic carbocycles. The molecule has 1 aliphatic carbocycles. The second-order valence-corrected chi connectivity index (χ2v) is 8.12. The van der Waals surface area contributed by atoms with Crippen LogP contribution in [-0.4, -0.2) is 50.4 Å². The number of hydrogen-bond acceptors (Lipinski definition) is 4. The van der Waals surface area contributed by atoms with Crippen molar-refractivity contribution < 1.29 is 13.2 Å². The molecular formula is C16H23N3O3S. The van der Waals surface area contributed by atoms with E-state index in [0.29, 0.717) is 12.1 Å². The van der Waals surface area contributed by atoms with E-state index in [0.717, 1.165) is 19.4 Å². The Balaban J connectivity index is 1.82. The van der Waals surface area contributed by atoms with E-state index in [9.17, 15) is 13.2 Å². The van der Waals surface area contributed by atoms with Gasteiger partial charge in [0.25, 0.3) is 5.91 Å². The van der Waals surface area contributed by atoms with Crippen molar-refractivity contribution in [1.82, 2.24) is 14.9 Å². The molecule has 1 saturated carbocycles. The van der Waals surface area contributed by atoms with Crippen LogP contribution in [0.25, 0.3) is 0 Å². The van der Waals surface area contributed by atoms with Gasteiger partial charge in [-0.15, -0.1) is 0 Å². The van der Waals surface area contributed by atoms with Crippen LogP contribution in [0.2, 0.25) is 0 Å². The van der Waals surface area contributed by atoms with E-state index < -0.39 is 10.0 Å². The Hall–Kier alpha value is -1.44. The molecule has 2 aliphatic rings. The lowest BCUT2D eigenvalue weighted by molar-refractivity contribution is 0.0602. The molecule has 0 bridgehead atoms. The highest BCUT2D eigenvalue weighted by molar-refractivity contribution is 7.89. The molecule has 0 spiro atoms. The molecule has 1 saturated heterocycles. The third-order valence-corrected chi connectivity index (χ3v) is 6.10. The number of rotatable bonds is 4. The molecule has 126 valence electrons. The molecule has 3 rings (SSSR count). The lowest BCUT2D eigenvalue weighted by atomic mass is 10.1. The van der Waals surface area contributed by atoms with Gasteiger partial charge in [-0.2, -0.15) is 0 Å². The number of nitrogens with zero attached hydrogens (tertiary/aromatic N) is 1. The van der Waals surface area contributed by atoms with Crippen LogP contribution < -0.4 is 10.0 Å². The van der Waals surface area contributed by atoms with Crippen LogP contribution in [0.1, 0.15) is 37.0 Å². The van der Waals surface area contributed by atoms with Gasteiger partial charge in [-0.05, 0) is 44.9 Å². The first-order chi connectivity index (χ1) is 10.9. The van der Waals surface area contributed by atoms with Crippen molar-refractivity contribution in [3.63, 3.8) is 0 Å². The summed E-state index contributed by atoms with van der Waals surface area (Å²) in [7, 11) is -3.54. The Kier molecular flexibility index (Phi) is 4.44. The third-order valence-electron chi connectivity index (χ3n) is 4.59. The van der Waals surface area contributed by atoms with Gasteiger partial charge in [0.1, 0.15) is 0 Å². The number of piperazine rings is 1. The molecule has 0 aromatic heterocycles. The van der Waals surface area contributed by atoms with Gasteiger partial charge in [0.05, 0.1) is 4.90 Å². The van der Waals surface area contributed by atoms with Crippen LogP contribution in [0.5, 0.6) is 0 Å². The van der Waals surface area contributed by atoms with Crippen LogP contribution in [0.15, 0.2) is 29.2 Å². The molecule has 1 amide bonds. The molecular weight excluding hydrogens is 314 g/mol. The molecule has 6 nitrogen and oxygen atoms in total. The van der Waals surface area contributed by atoms with Gasteiger partial charge in [-0.1, -0.05) is 6.07 Å². The van der Waals surface area contributed by atoms with Crippen LogP contribution in [0.4, 0.5) is 0 Å². The molecule has 1 heterocycles. The van der Waals surface area contributed by atoms with E-state index in [1.165, 1.54) is 12.1 Å². The van der Waals surface area contributed by atoms with Crippen LogP contribution in [0.3, 0.4) is 0 Å². The van der Waals surface area contributed by atoms with Crippen molar-refractivity contribution in [1.29, 1.82) is 0 Å². The Morgan fingerprint density at radius 2 is 2.04 bits per heavy atom. The molecule has 1 aromatic rings. The topological polar surface area (TPSA) is 78.5 Å². The van der Waals surface area contributed by atoms with Gasteiger partial charge in [0.15, 0.2) is 0 Å². The summed E-state index contributed by atoms with van der Waals surface area (Å²) in [6.45, 7) is 5.43. The Morgan fingerprint density at radius 1 is 1.30 bits per heavy atom. The number of nitrogens with one attached hydrogen (secondary N) is 2. The fraction of sp³-hybridized carbons (Fsp3) is 0.562. The summed E-state index contributed by atoms with van der Waals surface area (Å²) in [5, 5.41) is 3.33. The molecule has 2 unspecified atom stereocenters. The number of benzene rings is 1. The zero-order valence-corrected chi connectivity index (χ0v) is 14.3. The predicted octanol–water partition coefficient (Wildman–Crippen LogP) is 0.950. The number of hydrogen-bond donors (Lipinski definition) is 2. The van der Waals surface area contributed by atoms with Crippen molar-refractivity contribution in [3.8, 4) is 0 Å². The molecule has 23 heavy (non-hydrogen) atoms. The number of carbonyl (C=O) groups is 1. The first-order valence-electron chi connectivity index (χ1n) is 8.05. The lowest BCUT2D eigenvalue weighted by Crippen LogP contribution is -2.57. The molecule has 2 N–H and O–H groups in total. The Labute approximate surface area is 137 Å². The fourth-order valence-corrected chi connectivity index (χ4v) is 4.14. The maximum absolute atomic E-state index is 12.8. The zero-order chi connectivity index (χ0) is 16.6. The molecule has 2 fully saturated rings. The molecule has 7 heteroatoms. The Bertz CT molecular complexity index is 700. The van der Waals surface area contributed by atoms with Crippen molar-refractivity contribution >= 4 is 15.9 Å². The second kappa shape index (κ2) is 6.22. The maximum Gasteiger partial charge on any atom is 0.254 e. The summed E-state index contributed by atoms with van der Waals surface area (Å²) in [5.41, 5.74) is 0.421. The van der Waals surface area contributed by atoms with Crippen molar-refractivity contribution in [2.75, 3.05) is 13.1 Å². The van der Waals surface area contributed by atoms with Gasteiger partial charge in [0, 0.05) is 36.8 Å². The van der Waals surface area contributed by atoms with E-state index in [1.807, 2.05) is 13.8 Å². The predicted molar refractivity (Wildman–Crippen MR) is 87.7 cm³/mol. The van der Waals surface area contributed by atoms with E-state index in [4.69, 9.17) is 0 Å². The van der Waals surface area contributed by atoms with Crippen LogP contribution >= 0.6 is 0 Å². The average Bonchev–Trinajstić information content (AvgIpc) is 3.33. The molecule has 1 aliphatic heterocycles. The summed E-state index contributed by atoms with van der Waals surface area (Å²) in [6.07, 6.45) is 1.77. The molecule has 2 atom stereocenters. The van der Waals surface area contributed by atoms with E-state index in [1.54, 1.807) is 17.0 Å². The standard InChI is InChI=1S/C16H23N3O3S/c1-11-12(2)19(9-8-17-11)16(20)13-4-3-5-15(10-13)23(21,22)18-14-6-7-14/h3-5,10-12,14,17-18H,6-9H2,1-2H3. The largest absolute Gasteiger partial charge is 0.333 e. The van der Waals surface area contributed by atoms with Gasteiger partial charge in [0.2, 0.25) is 10.0 Å². The summed E-state index contributed by atoms with van der Waals surface area (Å²) in [5.74, 6) is -0.116. The highest BCUT2D eigenvalue weighted by Gasteiger charge is 2.31. The van der Waals surface area contributed by atoms with E-state index >= 15 is 0 Å². The lowest BCUT2D eigenvalue weighted by Gasteiger charge is -2.38. The van der Waals surface area contributed by atoms with Gasteiger partial charge in [-0.25, -0.2) is 13.1 Å². The number of carbonyl (C=O) groups excluding carboxylic acids is 1. The van der Waals surface area contributed by atoms with Crippen LogP contribution in [0, 0.1) is 0 Å². The number of amides is 1. The highest BCUT2D eigenvalue weighted by atomic mass is 32.2. The zero-order valence-electron chi connectivity index (χ0n) is 13.5. The quantitative estimate of drug-likeness (QED) is 0.857. The summed E-state index contributed by atoms with van der Waals surface area (Å²) in [4.78, 5) is 14.7. The van der Waals surface area contributed by atoms with Crippen molar-refractivity contribution in [2.45, 2.75) is 49.7 Å². The third kappa shape index (κ3) is 3.57. The monoisotopic (exact) mass is 337 g/mol. The smallest absolute Gasteiger partial charge is 0.254 e. The second-order valence-electron chi connectivity index (χ2n) is 6.41. The highest BCUT2D eigenvalue weighted by Crippen LogP contribution is 2.23. The van der Waals surface area contributed by atoms with Crippen molar-refractivity contribution in [3.05, 3.63) is 29.8 Å². The fourth-order valence-electron chi connectivity index (χ4n) is 2.79. The minimum absolute atomic E-state index is 0.0494. The molecule has 0 radical (unpaired) electrons. The number of sulfonamides is 1. The van der Waals surface area contributed by atoms with E-state index in [2.05, 4.69) is 10.0 Å². The summed E-state index contributed by atoms with van der Waals surface area (Å²) >= 11 is 0. The summed E-state index contributed by atoms with van der Waals surface area (Å²) < 4.78 is 27.3. The van der Waals surface area contributed by atoms with Gasteiger partial charge < -0.3 is 10.2 Å². The normalized spacial score (nSPS) is 25.4.